The number of hydrogen-bond donors (Lipinski definition) is 1. The molecule has 0 atom stereocenters. The van der Waals surface area contributed by atoms with Gasteiger partial charge in [0.15, 0.2) is 5.78 Å². The summed E-state index contributed by atoms with van der Waals surface area (Å²) in [5.41, 5.74) is 6.74. The van der Waals surface area contributed by atoms with Gasteiger partial charge in [-0.25, -0.2) is 0 Å². The van der Waals surface area contributed by atoms with Crippen LogP contribution in [0.5, 0.6) is 5.75 Å². The molecule has 0 spiro atoms. The number of benzene rings is 1. The summed E-state index contributed by atoms with van der Waals surface area (Å²) < 4.78 is 5.28. The molecule has 25 heavy (non-hydrogen) atoms. The highest BCUT2D eigenvalue weighted by Gasteiger charge is 2.22. The van der Waals surface area contributed by atoms with Crippen molar-refractivity contribution in [3.8, 4) is 5.75 Å². The average Bonchev–Trinajstić information content (AvgIpc) is 2.58. The molecule has 0 aromatic heterocycles. The molecular formula is C19H30Cl2N2O2. The van der Waals surface area contributed by atoms with Crippen LogP contribution < -0.4 is 10.5 Å². The summed E-state index contributed by atoms with van der Waals surface area (Å²) >= 11 is 6.21. The number of halogens is 2. The van der Waals surface area contributed by atoms with E-state index >= 15 is 0 Å². The Kier molecular flexibility index (Phi) is 9.62. The number of ketones is 1. The van der Waals surface area contributed by atoms with Gasteiger partial charge in [0.2, 0.25) is 0 Å². The van der Waals surface area contributed by atoms with Crippen LogP contribution >= 0.6 is 24.0 Å². The number of carbonyl (C=O) groups is 1. The number of piperidine rings is 1. The first-order valence-electron chi connectivity index (χ1n) is 8.93. The number of rotatable bonds is 8. The number of hydrogen-bond acceptors (Lipinski definition) is 4. The number of likely N-dealkylation sites (tertiary alicyclic amines) is 1. The number of nitrogens with two attached hydrogens (primary N) is 1. The van der Waals surface area contributed by atoms with Crippen molar-refractivity contribution in [1.82, 2.24) is 4.90 Å². The van der Waals surface area contributed by atoms with Crippen molar-refractivity contribution in [3.63, 3.8) is 0 Å². The second kappa shape index (κ2) is 10.9. The minimum absolute atomic E-state index is 0. The summed E-state index contributed by atoms with van der Waals surface area (Å²) in [5, 5.41) is 0.381. The highest BCUT2D eigenvalue weighted by molar-refractivity contribution is 6.34. The molecule has 4 nitrogen and oxygen atoms in total. The molecule has 1 aliphatic rings. The molecule has 2 N–H and O–H groups in total. The van der Waals surface area contributed by atoms with Gasteiger partial charge >= 0.3 is 0 Å². The largest absolute Gasteiger partial charge is 0.496 e. The van der Waals surface area contributed by atoms with E-state index in [1.54, 1.807) is 12.1 Å². The summed E-state index contributed by atoms with van der Waals surface area (Å²) in [7, 11) is 1.54. The van der Waals surface area contributed by atoms with Crippen molar-refractivity contribution < 1.29 is 9.53 Å². The van der Waals surface area contributed by atoms with Crippen LogP contribution in [-0.4, -0.2) is 37.4 Å². The minimum Gasteiger partial charge on any atom is -0.496 e. The molecule has 1 aromatic rings. The number of anilines is 1. The lowest BCUT2D eigenvalue weighted by atomic mass is 9.90. The van der Waals surface area contributed by atoms with Gasteiger partial charge in [-0.3, -0.25) is 4.79 Å². The first-order valence-corrected chi connectivity index (χ1v) is 9.31. The van der Waals surface area contributed by atoms with Gasteiger partial charge in [0, 0.05) is 18.2 Å². The Morgan fingerprint density at radius 2 is 2.04 bits per heavy atom. The zero-order valence-corrected chi connectivity index (χ0v) is 16.8. The molecule has 0 amide bonds. The van der Waals surface area contributed by atoms with E-state index in [0.717, 1.165) is 19.5 Å². The SMILES string of the molecule is CCCCN1CCC(CCC(=O)c2c(Cl)cc(N)cc2OC)CC1.Cl. The van der Waals surface area contributed by atoms with E-state index in [0.29, 0.717) is 34.4 Å². The molecule has 2 rings (SSSR count). The summed E-state index contributed by atoms with van der Waals surface area (Å²) in [5.74, 6) is 1.15. The summed E-state index contributed by atoms with van der Waals surface area (Å²) in [6, 6.07) is 3.27. The van der Waals surface area contributed by atoms with Gasteiger partial charge in [0.25, 0.3) is 0 Å². The van der Waals surface area contributed by atoms with Crippen molar-refractivity contribution in [2.24, 2.45) is 5.92 Å². The molecule has 1 heterocycles. The fourth-order valence-corrected chi connectivity index (χ4v) is 3.70. The van der Waals surface area contributed by atoms with E-state index in [-0.39, 0.29) is 18.2 Å². The van der Waals surface area contributed by atoms with Gasteiger partial charge < -0.3 is 15.4 Å². The van der Waals surface area contributed by atoms with Crippen LogP contribution in [0.25, 0.3) is 0 Å². The van der Waals surface area contributed by atoms with E-state index in [1.807, 2.05) is 0 Å². The first kappa shape index (κ1) is 22.1. The summed E-state index contributed by atoms with van der Waals surface area (Å²) in [6.07, 6.45) is 6.33. The molecule has 1 aliphatic heterocycles. The van der Waals surface area contributed by atoms with Crippen LogP contribution in [0, 0.1) is 5.92 Å². The lowest BCUT2D eigenvalue weighted by molar-refractivity contribution is 0.0959. The molecule has 6 heteroatoms. The molecule has 1 saturated heterocycles. The standard InChI is InChI=1S/C19H29ClN2O2.ClH/c1-3-4-9-22-10-7-14(8-11-22)5-6-17(23)19-16(20)12-15(21)13-18(19)24-2;/h12-14H,3-11,21H2,1-2H3;1H. The van der Waals surface area contributed by atoms with E-state index in [1.165, 1.54) is 39.3 Å². The van der Waals surface area contributed by atoms with Crippen LogP contribution in [0.1, 0.15) is 55.8 Å². The predicted octanol–water partition coefficient (Wildman–Crippen LogP) is 4.83. The van der Waals surface area contributed by atoms with Gasteiger partial charge in [-0.1, -0.05) is 24.9 Å². The lowest BCUT2D eigenvalue weighted by Gasteiger charge is -2.31. The number of carbonyl (C=O) groups excluding carboxylic acids is 1. The van der Waals surface area contributed by atoms with Crippen LogP contribution in [-0.2, 0) is 0 Å². The number of nitrogens with zero attached hydrogens (tertiary/aromatic N) is 1. The number of ether oxygens (including phenoxy) is 1. The molecule has 1 aromatic carbocycles. The third-order valence-corrected chi connectivity index (χ3v) is 5.19. The molecule has 0 saturated carbocycles. The second-order valence-electron chi connectivity index (χ2n) is 6.68. The quantitative estimate of drug-likeness (QED) is 0.511. The third kappa shape index (κ3) is 6.36. The highest BCUT2D eigenvalue weighted by atomic mass is 35.5. The molecule has 1 fully saturated rings. The molecule has 0 unspecified atom stereocenters. The summed E-state index contributed by atoms with van der Waals surface area (Å²) in [6.45, 7) is 5.75. The number of Topliss-reactive ketones (excluding diaryl/α,β-unsaturated/α-hetero) is 1. The Morgan fingerprint density at radius 1 is 1.36 bits per heavy atom. The lowest BCUT2D eigenvalue weighted by Crippen LogP contribution is -2.34. The Labute approximate surface area is 162 Å². The first-order chi connectivity index (χ1) is 11.5. The monoisotopic (exact) mass is 388 g/mol. The molecule has 142 valence electrons. The second-order valence-corrected chi connectivity index (χ2v) is 7.09. The van der Waals surface area contributed by atoms with Crippen LogP contribution in [0.2, 0.25) is 5.02 Å². The average molecular weight is 389 g/mol. The third-order valence-electron chi connectivity index (χ3n) is 4.89. The fourth-order valence-electron chi connectivity index (χ4n) is 3.37. The zero-order chi connectivity index (χ0) is 17.5. The fraction of sp³-hybridized carbons (Fsp3) is 0.632. The molecule has 0 bridgehead atoms. The zero-order valence-electron chi connectivity index (χ0n) is 15.2. The van der Waals surface area contributed by atoms with Gasteiger partial charge in [-0.05, 0) is 57.3 Å². The van der Waals surface area contributed by atoms with Gasteiger partial charge in [-0.15, -0.1) is 12.4 Å². The van der Waals surface area contributed by atoms with E-state index in [9.17, 15) is 4.79 Å². The Balaban J connectivity index is 0.00000312. The Hall–Kier alpha value is -0.970. The molecule has 0 aliphatic carbocycles. The topological polar surface area (TPSA) is 55.6 Å². The number of unbranched alkanes of at least 4 members (excludes halogenated alkanes) is 1. The van der Waals surface area contributed by atoms with Crippen molar-refractivity contribution in [3.05, 3.63) is 22.7 Å². The Bertz CT molecular complexity index is 559. The van der Waals surface area contributed by atoms with Crippen LogP contribution in [0.3, 0.4) is 0 Å². The number of nitrogen functional groups attached to an aromatic ring is 1. The Morgan fingerprint density at radius 3 is 2.64 bits per heavy atom. The van der Waals surface area contributed by atoms with Gasteiger partial charge in [-0.2, -0.15) is 0 Å². The van der Waals surface area contributed by atoms with Crippen molar-refractivity contribution >= 4 is 35.5 Å². The summed E-state index contributed by atoms with van der Waals surface area (Å²) in [4.78, 5) is 15.1. The maximum atomic E-state index is 12.6. The highest BCUT2D eigenvalue weighted by Crippen LogP contribution is 2.32. The van der Waals surface area contributed by atoms with E-state index in [2.05, 4.69) is 11.8 Å². The molecular weight excluding hydrogens is 359 g/mol. The predicted molar refractivity (Wildman–Crippen MR) is 107 cm³/mol. The van der Waals surface area contributed by atoms with Crippen molar-refractivity contribution in [1.29, 1.82) is 0 Å². The van der Waals surface area contributed by atoms with Crippen molar-refractivity contribution in [2.75, 3.05) is 32.5 Å². The number of methoxy groups -OCH3 is 1. The van der Waals surface area contributed by atoms with E-state index in [4.69, 9.17) is 22.1 Å². The van der Waals surface area contributed by atoms with Crippen molar-refractivity contribution in [2.45, 2.75) is 45.4 Å². The minimum atomic E-state index is 0. The van der Waals surface area contributed by atoms with Crippen LogP contribution in [0.4, 0.5) is 5.69 Å². The van der Waals surface area contributed by atoms with Gasteiger partial charge in [0.1, 0.15) is 5.75 Å². The normalized spacial score (nSPS) is 15.6. The maximum absolute atomic E-state index is 12.6. The smallest absolute Gasteiger partial charge is 0.168 e. The van der Waals surface area contributed by atoms with E-state index < -0.39 is 0 Å². The maximum Gasteiger partial charge on any atom is 0.168 e. The van der Waals surface area contributed by atoms with Crippen LogP contribution in [0.15, 0.2) is 12.1 Å². The van der Waals surface area contributed by atoms with Gasteiger partial charge in [0.05, 0.1) is 17.7 Å². The molecule has 0 radical (unpaired) electrons.